The van der Waals surface area contributed by atoms with Gasteiger partial charge in [-0.1, -0.05) is 69.5 Å². The lowest BCUT2D eigenvalue weighted by Gasteiger charge is -2.47. The van der Waals surface area contributed by atoms with Crippen LogP contribution in [0.2, 0.25) is 0 Å². The summed E-state index contributed by atoms with van der Waals surface area (Å²) in [5, 5.41) is 0. The minimum atomic E-state index is 0.178. The van der Waals surface area contributed by atoms with Gasteiger partial charge in [-0.05, 0) is 57.9 Å². The van der Waals surface area contributed by atoms with Crippen LogP contribution in [0, 0.1) is 20.8 Å². The molecule has 3 aliphatic heterocycles. The molecule has 3 aromatic carbocycles. The molecule has 2 atom stereocenters. The number of nitrogens with zero attached hydrogens (tertiary/aromatic N) is 4. The van der Waals surface area contributed by atoms with Crippen LogP contribution in [0.15, 0.2) is 85.5 Å². The third-order valence-corrected chi connectivity index (χ3v) is 8.66. The molecule has 0 saturated heterocycles. The zero-order chi connectivity index (χ0) is 24.4. The minimum absolute atomic E-state index is 0.178. The Labute approximate surface area is 215 Å². The van der Waals surface area contributed by atoms with Gasteiger partial charge in [-0.25, -0.2) is 0 Å². The first-order chi connectivity index (χ1) is 17.5. The highest BCUT2D eigenvalue weighted by Crippen LogP contribution is 2.35. The molecule has 1 fully saturated rings. The summed E-state index contributed by atoms with van der Waals surface area (Å²) in [6.45, 7) is 8.77. The molecular weight excluding hydrogens is 439 g/mol. The van der Waals surface area contributed by atoms with Crippen LogP contribution in [0.3, 0.4) is 0 Å². The molecule has 0 N–H and O–H groups in total. The van der Waals surface area contributed by atoms with Gasteiger partial charge in [-0.2, -0.15) is 0 Å². The van der Waals surface area contributed by atoms with Gasteiger partial charge in [0.1, 0.15) is 0 Å². The molecule has 3 aromatic rings. The number of anilines is 2. The highest BCUT2D eigenvalue weighted by atomic mass is 15.4. The first-order valence-electron chi connectivity index (χ1n) is 13.2. The van der Waals surface area contributed by atoms with E-state index in [4.69, 9.17) is 0 Å². The van der Waals surface area contributed by atoms with Crippen LogP contribution in [0.4, 0.5) is 11.4 Å². The molecule has 1 saturated carbocycles. The number of benzene rings is 3. The van der Waals surface area contributed by atoms with E-state index >= 15 is 0 Å². The standard InChI is InChI=1S/C31H33BN4/c1-22-16-23(2)31(24(3)17-22)32-25-6-4-8-27(18-25)33-12-14-35(20-33)29-10-11-30(29)36-15-13-34(21-36)28-9-5-7-26(32)19-28/h4-9,12-19,29-30H,10-11,20-21H2,1-3H3. The number of rotatable bonds is 1. The quantitative estimate of drug-likeness (QED) is 0.500. The Balaban J connectivity index is 1.42. The third kappa shape index (κ3) is 3.44. The lowest BCUT2D eigenvalue weighted by atomic mass is 9.35. The molecule has 0 amide bonds. The third-order valence-electron chi connectivity index (χ3n) is 8.66. The maximum atomic E-state index is 2.54. The van der Waals surface area contributed by atoms with E-state index in [1.807, 2.05) is 0 Å². The summed E-state index contributed by atoms with van der Waals surface area (Å²) in [5.41, 5.74) is 10.7. The van der Waals surface area contributed by atoms with E-state index in [9.17, 15) is 0 Å². The van der Waals surface area contributed by atoms with Gasteiger partial charge < -0.3 is 19.6 Å². The topological polar surface area (TPSA) is 13.0 Å². The zero-order valence-electron chi connectivity index (χ0n) is 21.4. The predicted octanol–water partition coefficient (Wildman–Crippen LogP) is 3.77. The summed E-state index contributed by atoms with van der Waals surface area (Å²) in [7, 11) is 0. The summed E-state index contributed by atoms with van der Waals surface area (Å²) < 4.78 is 0. The van der Waals surface area contributed by atoms with Crippen molar-refractivity contribution in [2.45, 2.75) is 45.7 Å². The van der Waals surface area contributed by atoms with E-state index in [2.05, 4.69) is 126 Å². The Kier molecular flexibility index (Phi) is 4.95. The van der Waals surface area contributed by atoms with Gasteiger partial charge in [0.25, 0.3) is 0 Å². The molecule has 0 aromatic heterocycles. The van der Waals surface area contributed by atoms with Crippen LogP contribution < -0.4 is 26.2 Å². The summed E-state index contributed by atoms with van der Waals surface area (Å²) >= 11 is 0. The van der Waals surface area contributed by atoms with Crippen LogP contribution in [0.1, 0.15) is 29.5 Å². The molecule has 1 aliphatic carbocycles. The molecular formula is C31H33BN4. The van der Waals surface area contributed by atoms with Crippen molar-refractivity contribution < 1.29 is 0 Å². The number of aryl methyl sites for hydroxylation is 3. The highest BCUT2D eigenvalue weighted by molar-refractivity contribution is 6.96. The van der Waals surface area contributed by atoms with Gasteiger partial charge in [0, 0.05) is 36.2 Å². The Hall–Kier alpha value is -3.60. The van der Waals surface area contributed by atoms with Gasteiger partial charge in [0.05, 0.1) is 25.4 Å². The Morgan fingerprint density at radius 3 is 1.61 bits per heavy atom. The molecule has 0 spiro atoms. The first kappa shape index (κ1) is 21.7. The predicted molar refractivity (Wildman–Crippen MR) is 152 cm³/mol. The van der Waals surface area contributed by atoms with E-state index in [0.717, 1.165) is 13.3 Å². The molecule has 36 heavy (non-hydrogen) atoms. The molecule has 7 rings (SSSR count). The number of hydrogen-bond donors (Lipinski definition) is 0. The molecule has 180 valence electrons. The maximum Gasteiger partial charge on any atom is 0.242 e. The van der Waals surface area contributed by atoms with Crippen LogP contribution in [0.25, 0.3) is 0 Å². The Morgan fingerprint density at radius 1 is 0.639 bits per heavy atom. The monoisotopic (exact) mass is 472 g/mol. The largest absolute Gasteiger partial charge is 0.353 e. The lowest BCUT2D eigenvalue weighted by Crippen LogP contribution is -2.56. The lowest BCUT2D eigenvalue weighted by molar-refractivity contribution is 0.0717. The fraction of sp³-hybridized carbons (Fsp3) is 0.290. The summed E-state index contributed by atoms with van der Waals surface area (Å²) in [6.07, 6.45) is 11.7. The summed E-state index contributed by atoms with van der Waals surface area (Å²) in [5.74, 6) is 0. The van der Waals surface area contributed by atoms with Crippen LogP contribution in [-0.2, 0) is 0 Å². The molecule has 3 heterocycles. The second kappa shape index (κ2) is 8.23. The van der Waals surface area contributed by atoms with Crippen molar-refractivity contribution in [1.29, 1.82) is 0 Å². The van der Waals surface area contributed by atoms with E-state index in [-0.39, 0.29) is 6.71 Å². The van der Waals surface area contributed by atoms with Crippen molar-refractivity contribution in [1.82, 2.24) is 9.80 Å². The molecule has 0 radical (unpaired) electrons. The van der Waals surface area contributed by atoms with Crippen LogP contribution in [0.5, 0.6) is 0 Å². The number of fused-ring (bicyclic) bond motifs is 13. The fourth-order valence-electron chi connectivity index (χ4n) is 6.82. The summed E-state index contributed by atoms with van der Waals surface area (Å²) in [4.78, 5) is 9.91. The SMILES string of the molecule is Cc1cc(C)c(B2c3cccc(c3)N3C=CN(C3)C3CCC3N3C=CN(C3)c3cccc2c3)c(C)c1. The highest BCUT2D eigenvalue weighted by Gasteiger charge is 2.41. The van der Waals surface area contributed by atoms with Gasteiger partial charge in [-0.15, -0.1) is 0 Å². The average Bonchev–Trinajstić information content (AvgIpc) is 3.51. The van der Waals surface area contributed by atoms with Crippen molar-refractivity contribution in [2.75, 3.05) is 23.1 Å². The second-order valence-corrected chi connectivity index (χ2v) is 11.0. The second-order valence-electron chi connectivity index (χ2n) is 11.0. The van der Waals surface area contributed by atoms with E-state index in [1.165, 1.54) is 57.3 Å². The summed E-state index contributed by atoms with van der Waals surface area (Å²) in [6, 6.07) is 24.3. The van der Waals surface area contributed by atoms with Crippen LogP contribution >= 0.6 is 0 Å². The van der Waals surface area contributed by atoms with Crippen molar-refractivity contribution >= 4 is 34.5 Å². The molecule has 2 unspecified atom stereocenters. The van der Waals surface area contributed by atoms with Crippen molar-refractivity contribution in [3.8, 4) is 0 Å². The van der Waals surface area contributed by atoms with Gasteiger partial charge in [-0.3, -0.25) is 0 Å². The molecule has 8 bridgehead atoms. The van der Waals surface area contributed by atoms with Crippen molar-refractivity contribution in [3.63, 3.8) is 0 Å². The Bertz CT molecular complexity index is 1290. The fourth-order valence-corrected chi connectivity index (χ4v) is 6.82. The van der Waals surface area contributed by atoms with Crippen LogP contribution in [-0.4, -0.2) is 41.9 Å². The van der Waals surface area contributed by atoms with Gasteiger partial charge >= 0.3 is 0 Å². The molecule has 4 aliphatic rings. The smallest absolute Gasteiger partial charge is 0.242 e. The normalized spacial score (nSPS) is 21.9. The van der Waals surface area contributed by atoms with Crippen molar-refractivity contribution in [3.05, 3.63) is 102 Å². The average molecular weight is 472 g/mol. The minimum Gasteiger partial charge on any atom is -0.353 e. The van der Waals surface area contributed by atoms with E-state index in [0.29, 0.717) is 12.1 Å². The molecule has 5 heteroatoms. The first-order valence-corrected chi connectivity index (χ1v) is 13.2. The van der Waals surface area contributed by atoms with E-state index < -0.39 is 0 Å². The van der Waals surface area contributed by atoms with E-state index in [1.54, 1.807) is 0 Å². The van der Waals surface area contributed by atoms with Gasteiger partial charge in [0.15, 0.2) is 0 Å². The Morgan fingerprint density at radius 2 is 1.14 bits per heavy atom. The van der Waals surface area contributed by atoms with Crippen molar-refractivity contribution in [2.24, 2.45) is 0 Å². The van der Waals surface area contributed by atoms with Gasteiger partial charge in [0.2, 0.25) is 6.71 Å². The maximum absolute atomic E-state index is 2.54. The zero-order valence-corrected chi connectivity index (χ0v) is 21.4. The molecule has 4 nitrogen and oxygen atoms in total. The number of hydrogen-bond acceptors (Lipinski definition) is 4.